The molecule has 5 aromatic rings. The standard InChI is InChI=1S/C33H28Cl2N4O6S/c1-2-3-16-45-24-12-9-22(10-13-24)36-28-15-11-23(19-30(28)46(42,43)44)38-39-31-25-7-5-4-6-20(25)17-29(32(31)40)37-33(41)26-18-21(34)8-14-27(26)35/h4-15,17-19,36,40H,2-3,16H2,1H3,(H,37,41)(H,42,43,44). The molecule has 0 spiro atoms. The van der Waals surface area contributed by atoms with Crippen LogP contribution in [0.2, 0.25) is 10.0 Å². The largest absolute Gasteiger partial charge is 0.504 e. The van der Waals surface area contributed by atoms with Crippen molar-refractivity contribution in [2.45, 2.75) is 24.7 Å². The van der Waals surface area contributed by atoms with Gasteiger partial charge in [0.2, 0.25) is 0 Å². The van der Waals surface area contributed by atoms with Gasteiger partial charge in [-0.2, -0.15) is 13.5 Å². The zero-order valence-electron chi connectivity index (χ0n) is 24.4. The lowest BCUT2D eigenvalue weighted by Gasteiger charge is -2.13. The van der Waals surface area contributed by atoms with Gasteiger partial charge < -0.3 is 20.5 Å². The van der Waals surface area contributed by atoms with Gasteiger partial charge in [0.15, 0.2) is 5.75 Å². The fourth-order valence-corrected chi connectivity index (χ4v) is 5.54. The van der Waals surface area contributed by atoms with Crippen molar-refractivity contribution in [2.24, 2.45) is 10.2 Å². The molecular formula is C33H28Cl2N4O6S. The van der Waals surface area contributed by atoms with E-state index < -0.39 is 20.9 Å². The van der Waals surface area contributed by atoms with Crippen LogP contribution in [0.5, 0.6) is 11.5 Å². The van der Waals surface area contributed by atoms with Crippen LogP contribution in [0.1, 0.15) is 30.1 Å². The minimum Gasteiger partial charge on any atom is -0.504 e. The highest BCUT2D eigenvalue weighted by Gasteiger charge is 2.19. The Morgan fingerprint density at radius 2 is 1.67 bits per heavy atom. The Hall–Kier alpha value is -4.68. The van der Waals surface area contributed by atoms with Crippen molar-refractivity contribution in [3.8, 4) is 11.5 Å². The number of nitrogens with one attached hydrogen (secondary N) is 2. The number of rotatable bonds is 11. The quantitative estimate of drug-likeness (QED) is 0.0470. The maximum absolute atomic E-state index is 13.0. The van der Waals surface area contributed by atoms with Crippen LogP contribution in [-0.2, 0) is 10.1 Å². The Labute approximate surface area is 275 Å². The number of azo groups is 1. The lowest BCUT2D eigenvalue weighted by Crippen LogP contribution is -2.12. The molecule has 46 heavy (non-hydrogen) atoms. The number of benzene rings is 5. The Bertz CT molecular complexity index is 2050. The minimum atomic E-state index is -4.68. The topological polar surface area (TPSA) is 150 Å². The van der Waals surface area contributed by atoms with E-state index in [4.69, 9.17) is 27.9 Å². The van der Waals surface area contributed by atoms with Gasteiger partial charge in [0.05, 0.1) is 34.3 Å². The predicted molar refractivity (Wildman–Crippen MR) is 181 cm³/mol. The average Bonchev–Trinajstić information content (AvgIpc) is 3.03. The molecule has 236 valence electrons. The number of hydrogen-bond donors (Lipinski definition) is 4. The number of anilines is 3. The van der Waals surface area contributed by atoms with Gasteiger partial charge in [-0.3, -0.25) is 9.35 Å². The Morgan fingerprint density at radius 1 is 0.913 bits per heavy atom. The fraction of sp³-hybridized carbons (Fsp3) is 0.121. The zero-order chi connectivity index (χ0) is 32.8. The minimum absolute atomic E-state index is 0.0162. The average molecular weight is 680 g/mol. The molecule has 5 rings (SSSR count). The third kappa shape index (κ3) is 7.75. The van der Waals surface area contributed by atoms with Gasteiger partial charge >= 0.3 is 0 Å². The summed E-state index contributed by atoms with van der Waals surface area (Å²) in [6, 6.07) is 24.0. The monoisotopic (exact) mass is 678 g/mol. The summed E-state index contributed by atoms with van der Waals surface area (Å²) in [5.74, 6) is -0.317. The van der Waals surface area contributed by atoms with E-state index in [0.29, 0.717) is 33.8 Å². The molecule has 0 radical (unpaired) electrons. The fourth-order valence-electron chi connectivity index (χ4n) is 4.50. The van der Waals surface area contributed by atoms with Crippen molar-refractivity contribution < 1.29 is 27.6 Å². The maximum Gasteiger partial charge on any atom is 0.296 e. The summed E-state index contributed by atoms with van der Waals surface area (Å²) in [5, 5.41) is 26.8. The third-order valence-electron chi connectivity index (χ3n) is 6.82. The highest BCUT2D eigenvalue weighted by Crippen LogP contribution is 2.43. The van der Waals surface area contributed by atoms with E-state index in [9.17, 15) is 22.9 Å². The second-order valence-corrected chi connectivity index (χ2v) is 12.4. The summed E-state index contributed by atoms with van der Waals surface area (Å²) in [5.41, 5.74) is 0.903. The van der Waals surface area contributed by atoms with Gasteiger partial charge in [0, 0.05) is 16.1 Å². The summed E-state index contributed by atoms with van der Waals surface area (Å²) in [7, 11) is -4.68. The van der Waals surface area contributed by atoms with E-state index in [1.165, 1.54) is 24.3 Å². The van der Waals surface area contributed by atoms with E-state index in [-0.39, 0.29) is 39.1 Å². The summed E-state index contributed by atoms with van der Waals surface area (Å²) >= 11 is 12.2. The Morgan fingerprint density at radius 3 is 2.41 bits per heavy atom. The van der Waals surface area contributed by atoms with Crippen LogP contribution in [-0.4, -0.2) is 30.6 Å². The lowest BCUT2D eigenvalue weighted by atomic mass is 10.1. The summed E-state index contributed by atoms with van der Waals surface area (Å²) in [6.07, 6.45) is 1.94. The molecule has 0 atom stereocenters. The second-order valence-electron chi connectivity index (χ2n) is 10.1. The summed E-state index contributed by atoms with van der Waals surface area (Å²) in [6.45, 7) is 2.67. The first-order chi connectivity index (χ1) is 22.0. The van der Waals surface area contributed by atoms with Crippen LogP contribution >= 0.6 is 23.2 Å². The molecule has 0 saturated carbocycles. The first-order valence-corrected chi connectivity index (χ1v) is 16.3. The van der Waals surface area contributed by atoms with E-state index >= 15 is 0 Å². The molecule has 0 aliphatic rings. The number of aromatic hydroxyl groups is 1. The first-order valence-electron chi connectivity index (χ1n) is 14.1. The molecule has 0 aliphatic carbocycles. The van der Waals surface area contributed by atoms with Crippen LogP contribution in [0.3, 0.4) is 0 Å². The highest BCUT2D eigenvalue weighted by atomic mass is 35.5. The predicted octanol–water partition coefficient (Wildman–Crippen LogP) is 9.69. The number of carbonyl (C=O) groups excluding carboxylic acids is 1. The van der Waals surface area contributed by atoms with Crippen molar-refractivity contribution in [2.75, 3.05) is 17.2 Å². The van der Waals surface area contributed by atoms with Gasteiger partial charge in [0.1, 0.15) is 16.3 Å². The number of carbonyl (C=O) groups is 1. The van der Waals surface area contributed by atoms with Crippen LogP contribution < -0.4 is 15.4 Å². The number of hydrogen-bond acceptors (Lipinski definition) is 8. The van der Waals surface area contributed by atoms with Crippen molar-refractivity contribution in [3.05, 3.63) is 107 Å². The number of ether oxygens (including phenoxy) is 1. The molecule has 0 bridgehead atoms. The van der Waals surface area contributed by atoms with Crippen LogP contribution in [0.25, 0.3) is 10.8 Å². The van der Waals surface area contributed by atoms with Crippen molar-refractivity contribution in [3.63, 3.8) is 0 Å². The zero-order valence-corrected chi connectivity index (χ0v) is 26.7. The number of phenolic OH excluding ortho intramolecular Hbond substituents is 1. The number of amides is 1. The van der Waals surface area contributed by atoms with E-state index in [1.54, 1.807) is 60.7 Å². The molecule has 0 fully saturated rings. The van der Waals surface area contributed by atoms with Crippen molar-refractivity contribution >= 4 is 78.4 Å². The molecule has 0 unspecified atom stereocenters. The van der Waals surface area contributed by atoms with Crippen molar-refractivity contribution in [1.29, 1.82) is 0 Å². The number of unbranched alkanes of at least 4 members (excludes halogenated alkanes) is 1. The van der Waals surface area contributed by atoms with E-state index in [2.05, 4.69) is 27.8 Å². The molecule has 4 N–H and O–H groups in total. The SMILES string of the molecule is CCCCOc1ccc(Nc2ccc(N=Nc3c(O)c(NC(=O)c4cc(Cl)ccc4Cl)cc4ccccc34)cc2S(=O)(=O)O)cc1. The van der Waals surface area contributed by atoms with E-state index in [1.807, 2.05) is 0 Å². The molecule has 0 aromatic heterocycles. The summed E-state index contributed by atoms with van der Waals surface area (Å²) < 4.78 is 40.3. The molecule has 0 aliphatic heterocycles. The number of fused-ring (bicyclic) bond motifs is 1. The highest BCUT2D eigenvalue weighted by molar-refractivity contribution is 7.86. The van der Waals surface area contributed by atoms with Gasteiger partial charge in [-0.05, 0) is 78.5 Å². The smallest absolute Gasteiger partial charge is 0.296 e. The number of halogens is 2. The van der Waals surface area contributed by atoms with Gasteiger partial charge in [-0.15, -0.1) is 5.11 Å². The molecule has 10 nitrogen and oxygen atoms in total. The van der Waals surface area contributed by atoms with Crippen LogP contribution in [0, 0.1) is 0 Å². The number of phenols is 1. The second kappa shape index (κ2) is 14.2. The molecule has 0 saturated heterocycles. The van der Waals surface area contributed by atoms with E-state index in [0.717, 1.165) is 18.9 Å². The van der Waals surface area contributed by atoms with Crippen LogP contribution in [0.15, 0.2) is 106 Å². The van der Waals surface area contributed by atoms with Gasteiger partial charge in [0.25, 0.3) is 16.0 Å². The van der Waals surface area contributed by atoms with Gasteiger partial charge in [-0.1, -0.05) is 60.8 Å². The summed E-state index contributed by atoms with van der Waals surface area (Å²) in [4.78, 5) is 12.6. The Kier molecular flexibility index (Phi) is 10.1. The molecular weight excluding hydrogens is 651 g/mol. The first kappa shape index (κ1) is 32.7. The maximum atomic E-state index is 13.0. The molecule has 1 amide bonds. The number of nitrogens with zero attached hydrogens (tertiary/aromatic N) is 2. The molecule has 0 heterocycles. The third-order valence-corrected chi connectivity index (χ3v) is 8.28. The molecule has 13 heteroatoms. The lowest BCUT2D eigenvalue weighted by molar-refractivity contribution is 0.102. The molecule has 5 aromatic carbocycles. The van der Waals surface area contributed by atoms with Gasteiger partial charge in [-0.25, -0.2) is 0 Å². The van der Waals surface area contributed by atoms with Crippen molar-refractivity contribution in [1.82, 2.24) is 0 Å². The van der Waals surface area contributed by atoms with Crippen LogP contribution in [0.4, 0.5) is 28.4 Å². The normalized spacial score (nSPS) is 11.6. The Balaban J connectivity index is 1.45.